The molecule has 22 heavy (non-hydrogen) atoms. The number of rotatable bonds is 5. The molecular formula is C21H20Se. The molecule has 0 nitrogen and oxygen atoms in total. The van der Waals surface area contributed by atoms with Crippen LogP contribution in [0, 0.1) is 0 Å². The fourth-order valence-electron chi connectivity index (χ4n) is 2.92. The van der Waals surface area contributed by atoms with Crippen molar-refractivity contribution in [3.05, 3.63) is 102 Å². The van der Waals surface area contributed by atoms with E-state index in [0.717, 1.165) is 12.8 Å². The molecule has 0 aromatic heterocycles. The van der Waals surface area contributed by atoms with E-state index >= 15 is 0 Å². The third-order valence-electron chi connectivity index (χ3n) is 4.10. The molecular weight excluding hydrogens is 331 g/mol. The first kappa shape index (κ1) is 15.1. The molecule has 110 valence electrons. The molecule has 3 aromatic carbocycles. The van der Waals surface area contributed by atoms with Crippen LogP contribution in [0.15, 0.2) is 84.9 Å². The Morgan fingerprint density at radius 3 is 1.68 bits per heavy atom. The topological polar surface area (TPSA) is 0 Å². The molecule has 0 heterocycles. The SMILES string of the molecule is [SeH]c1ccccc1CCC(c1ccccc1)c1ccccc1. The van der Waals surface area contributed by atoms with Gasteiger partial charge in [0, 0.05) is 0 Å². The molecule has 0 N–H and O–H groups in total. The summed E-state index contributed by atoms with van der Waals surface area (Å²) in [6.45, 7) is 0. The van der Waals surface area contributed by atoms with Gasteiger partial charge >= 0.3 is 141 Å². The maximum atomic E-state index is 2.69. The first-order chi connectivity index (χ1) is 10.8. The van der Waals surface area contributed by atoms with Crippen LogP contribution in [-0.2, 0) is 6.42 Å². The van der Waals surface area contributed by atoms with Crippen LogP contribution in [0.25, 0.3) is 0 Å². The molecule has 0 atom stereocenters. The minimum atomic E-state index is 0.453. The van der Waals surface area contributed by atoms with E-state index in [9.17, 15) is 0 Å². The van der Waals surface area contributed by atoms with Gasteiger partial charge in [-0.1, -0.05) is 0 Å². The fraction of sp³-hybridized carbons (Fsp3) is 0.143. The fourth-order valence-corrected chi connectivity index (χ4v) is 3.49. The molecule has 0 bridgehead atoms. The van der Waals surface area contributed by atoms with Crippen LogP contribution in [0.5, 0.6) is 0 Å². The third-order valence-corrected chi connectivity index (χ3v) is 5.01. The van der Waals surface area contributed by atoms with Crippen molar-refractivity contribution < 1.29 is 0 Å². The van der Waals surface area contributed by atoms with Gasteiger partial charge in [0.25, 0.3) is 0 Å². The van der Waals surface area contributed by atoms with Crippen LogP contribution >= 0.6 is 0 Å². The van der Waals surface area contributed by atoms with E-state index in [1.807, 2.05) is 0 Å². The van der Waals surface area contributed by atoms with Crippen molar-refractivity contribution in [2.45, 2.75) is 18.8 Å². The van der Waals surface area contributed by atoms with Gasteiger partial charge in [-0.2, -0.15) is 0 Å². The van der Waals surface area contributed by atoms with E-state index < -0.39 is 0 Å². The van der Waals surface area contributed by atoms with Gasteiger partial charge in [-0.3, -0.25) is 0 Å². The zero-order valence-electron chi connectivity index (χ0n) is 12.5. The minimum absolute atomic E-state index is 0.453. The quantitative estimate of drug-likeness (QED) is 0.610. The molecule has 0 fully saturated rings. The molecule has 0 aliphatic rings. The molecule has 1 heteroatoms. The number of aryl methyl sites for hydroxylation is 1. The van der Waals surface area contributed by atoms with Gasteiger partial charge in [-0.05, 0) is 0 Å². The van der Waals surface area contributed by atoms with E-state index in [0.29, 0.717) is 5.92 Å². The molecule has 3 aromatic rings. The summed E-state index contributed by atoms with van der Waals surface area (Å²) >= 11 is 2.69. The summed E-state index contributed by atoms with van der Waals surface area (Å²) in [4.78, 5) is 0. The van der Waals surface area contributed by atoms with Crippen molar-refractivity contribution in [2.75, 3.05) is 0 Å². The van der Waals surface area contributed by atoms with Crippen molar-refractivity contribution in [3.8, 4) is 0 Å². The summed E-state index contributed by atoms with van der Waals surface area (Å²) in [6.07, 6.45) is 2.22. The van der Waals surface area contributed by atoms with Crippen molar-refractivity contribution >= 4 is 20.5 Å². The van der Waals surface area contributed by atoms with Crippen LogP contribution in [0.1, 0.15) is 29.0 Å². The average molecular weight is 351 g/mol. The first-order valence-corrected chi connectivity index (χ1v) is 8.65. The van der Waals surface area contributed by atoms with Crippen molar-refractivity contribution in [1.82, 2.24) is 0 Å². The molecule has 0 spiro atoms. The van der Waals surface area contributed by atoms with E-state index in [4.69, 9.17) is 0 Å². The molecule has 0 radical (unpaired) electrons. The molecule has 0 amide bonds. The van der Waals surface area contributed by atoms with Gasteiger partial charge in [-0.15, -0.1) is 0 Å². The molecule has 0 saturated heterocycles. The summed E-state index contributed by atoms with van der Waals surface area (Å²) in [5, 5.41) is 0. The van der Waals surface area contributed by atoms with Crippen LogP contribution in [0.4, 0.5) is 0 Å². The zero-order chi connectivity index (χ0) is 15.2. The Morgan fingerprint density at radius 1 is 0.636 bits per heavy atom. The van der Waals surface area contributed by atoms with Crippen LogP contribution in [0.3, 0.4) is 0 Å². The van der Waals surface area contributed by atoms with Gasteiger partial charge < -0.3 is 0 Å². The van der Waals surface area contributed by atoms with E-state index in [1.54, 1.807) is 0 Å². The van der Waals surface area contributed by atoms with Crippen LogP contribution < -0.4 is 4.46 Å². The Morgan fingerprint density at radius 2 is 1.14 bits per heavy atom. The average Bonchev–Trinajstić information content (AvgIpc) is 2.59. The standard InChI is InChI=1S/C21H20Se/c22-21-14-8-7-13-19(21)15-16-20(17-9-3-1-4-10-17)18-11-5-2-6-12-18/h1-14,20,22H,15-16H2. The van der Waals surface area contributed by atoms with E-state index in [1.165, 1.54) is 21.2 Å². The van der Waals surface area contributed by atoms with Crippen LogP contribution in [-0.4, -0.2) is 16.0 Å². The second-order valence-corrected chi connectivity index (χ2v) is 6.55. The van der Waals surface area contributed by atoms with E-state index in [-0.39, 0.29) is 0 Å². The van der Waals surface area contributed by atoms with Crippen LogP contribution in [0.2, 0.25) is 0 Å². The summed E-state index contributed by atoms with van der Waals surface area (Å²) in [5.74, 6) is 0.453. The molecule has 3 rings (SSSR count). The Kier molecular flexibility index (Phi) is 5.11. The van der Waals surface area contributed by atoms with Crippen molar-refractivity contribution in [2.24, 2.45) is 0 Å². The van der Waals surface area contributed by atoms with Gasteiger partial charge in [0.2, 0.25) is 0 Å². The predicted molar refractivity (Wildman–Crippen MR) is 96.3 cm³/mol. The summed E-state index contributed by atoms with van der Waals surface area (Å²) < 4.78 is 1.33. The maximum absolute atomic E-state index is 2.69. The first-order valence-electron chi connectivity index (χ1n) is 7.71. The van der Waals surface area contributed by atoms with Gasteiger partial charge in [0.15, 0.2) is 0 Å². The Bertz CT molecular complexity index is 665. The van der Waals surface area contributed by atoms with Gasteiger partial charge in [0.05, 0.1) is 0 Å². The normalized spacial score (nSPS) is 10.8. The molecule has 0 unspecified atom stereocenters. The Hall–Kier alpha value is -1.82. The van der Waals surface area contributed by atoms with Gasteiger partial charge in [0.1, 0.15) is 0 Å². The summed E-state index contributed by atoms with van der Waals surface area (Å²) in [6, 6.07) is 30.3. The third kappa shape index (κ3) is 3.68. The van der Waals surface area contributed by atoms with Crippen molar-refractivity contribution in [3.63, 3.8) is 0 Å². The van der Waals surface area contributed by atoms with E-state index in [2.05, 4.69) is 101 Å². The number of hydrogen-bond donors (Lipinski definition) is 0. The Balaban J connectivity index is 1.85. The molecule has 0 saturated carbocycles. The predicted octanol–water partition coefficient (Wildman–Crippen LogP) is 3.98. The van der Waals surface area contributed by atoms with Gasteiger partial charge in [-0.25, -0.2) is 0 Å². The number of benzene rings is 3. The van der Waals surface area contributed by atoms with Crippen molar-refractivity contribution in [1.29, 1.82) is 0 Å². The Labute approximate surface area is 141 Å². The zero-order valence-corrected chi connectivity index (χ0v) is 14.4. The second kappa shape index (κ2) is 7.44. The monoisotopic (exact) mass is 352 g/mol. The number of hydrogen-bond acceptors (Lipinski definition) is 0. The molecule has 0 aliphatic heterocycles. The summed E-state index contributed by atoms with van der Waals surface area (Å²) in [5.41, 5.74) is 4.23. The molecule has 0 aliphatic carbocycles. The summed E-state index contributed by atoms with van der Waals surface area (Å²) in [7, 11) is 0. The second-order valence-electron chi connectivity index (χ2n) is 5.54.